The second kappa shape index (κ2) is 9.40. The monoisotopic (exact) mass is 490 g/mol. The Morgan fingerprint density at radius 1 is 1.00 bits per heavy atom. The van der Waals surface area contributed by atoms with Gasteiger partial charge in [0, 0.05) is 4.47 Å². The molecule has 0 aromatic heterocycles. The molecule has 1 aliphatic heterocycles. The van der Waals surface area contributed by atoms with Gasteiger partial charge in [0.25, 0.3) is 5.91 Å². The van der Waals surface area contributed by atoms with E-state index in [-0.39, 0.29) is 5.91 Å². The van der Waals surface area contributed by atoms with Gasteiger partial charge in [-0.3, -0.25) is 4.79 Å². The predicted molar refractivity (Wildman–Crippen MR) is 131 cm³/mol. The Balaban J connectivity index is 1.60. The van der Waals surface area contributed by atoms with Gasteiger partial charge in [-0.1, -0.05) is 64.0 Å². The molecule has 4 rings (SSSR count). The Morgan fingerprint density at radius 2 is 1.78 bits per heavy atom. The normalized spacial score (nSPS) is 14.6. The molecule has 0 fully saturated rings. The van der Waals surface area contributed by atoms with Crippen LogP contribution < -0.4 is 14.5 Å². The number of halogens is 1. The van der Waals surface area contributed by atoms with Crippen molar-refractivity contribution < 1.29 is 14.3 Å². The van der Waals surface area contributed by atoms with Gasteiger partial charge in [0.2, 0.25) is 0 Å². The van der Waals surface area contributed by atoms with Gasteiger partial charge in [0.15, 0.2) is 11.5 Å². The van der Waals surface area contributed by atoms with E-state index in [1.54, 1.807) is 7.11 Å². The zero-order valence-electron chi connectivity index (χ0n) is 18.1. The van der Waals surface area contributed by atoms with E-state index in [9.17, 15) is 4.79 Å². The quantitative estimate of drug-likeness (QED) is 0.389. The van der Waals surface area contributed by atoms with Crippen LogP contribution in [0.1, 0.15) is 23.6 Å². The van der Waals surface area contributed by atoms with Gasteiger partial charge in [0.05, 0.1) is 24.1 Å². The zero-order valence-corrected chi connectivity index (χ0v) is 19.7. The van der Waals surface area contributed by atoms with Crippen LogP contribution in [-0.4, -0.2) is 18.7 Å². The van der Waals surface area contributed by atoms with Gasteiger partial charge in [-0.2, -0.15) is 10.1 Å². The van der Waals surface area contributed by atoms with Crippen molar-refractivity contribution in [2.75, 3.05) is 12.1 Å². The summed E-state index contributed by atoms with van der Waals surface area (Å²) in [6, 6.07) is 21.3. The summed E-state index contributed by atoms with van der Waals surface area (Å²) in [5, 5.41) is 5.86. The highest BCUT2D eigenvalue weighted by atomic mass is 79.9. The van der Waals surface area contributed by atoms with Gasteiger partial charge in [0.1, 0.15) is 6.61 Å². The van der Waals surface area contributed by atoms with Crippen LogP contribution in [0.3, 0.4) is 0 Å². The second-order valence-electron chi connectivity index (χ2n) is 7.50. The van der Waals surface area contributed by atoms with E-state index in [4.69, 9.17) is 9.47 Å². The van der Waals surface area contributed by atoms with Crippen molar-refractivity contribution in [2.45, 2.75) is 20.5 Å². The van der Waals surface area contributed by atoms with Crippen LogP contribution in [0.5, 0.6) is 11.5 Å². The van der Waals surface area contributed by atoms with E-state index in [1.165, 1.54) is 10.6 Å². The predicted octanol–water partition coefficient (Wildman–Crippen LogP) is 6.15. The molecule has 0 atom stereocenters. The topological polar surface area (TPSA) is 51.1 Å². The summed E-state index contributed by atoms with van der Waals surface area (Å²) in [5.41, 5.74) is 4.99. The number of methoxy groups -OCH3 is 1. The summed E-state index contributed by atoms with van der Waals surface area (Å²) in [5.74, 6) is 1.05. The molecule has 0 saturated carbocycles. The first-order valence-corrected chi connectivity index (χ1v) is 11.0. The summed E-state index contributed by atoms with van der Waals surface area (Å²) in [6.45, 7) is 4.32. The molecule has 32 heavy (non-hydrogen) atoms. The van der Waals surface area contributed by atoms with Crippen LogP contribution in [0, 0.1) is 6.92 Å². The largest absolute Gasteiger partial charge is 0.493 e. The third-order valence-electron chi connectivity index (χ3n) is 5.12. The molecule has 0 aliphatic carbocycles. The van der Waals surface area contributed by atoms with Crippen molar-refractivity contribution in [3.63, 3.8) is 0 Å². The molecule has 162 valence electrons. The van der Waals surface area contributed by atoms with Crippen LogP contribution in [0.4, 0.5) is 5.69 Å². The number of ether oxygens (including phenoxy) is 2. The van der Waals surface area contributed by atoms with Crippen LogP contribution in [0.25, 0.3) is 6.08 Å². The number of benzene rings is 3. The van der Waals surface area contributed by atoms with E-state index in [2.05, 4.69) is 40.1 Å². The van der Waals surface area contributed by atoms with Crippen molar-refractivity contribution in [1.82, 2.24) is 0 Å². The lowest BCUT2D eigenvalue weighted by molar-refractivity contribution is -0.114. The van der Waals surface area contributed by atoms with Gasteiger partial charge in [-0.15, -0.1) is 0 Å². The van der Waals surface area contributed by atoms with Crippen molar-refractivity contribution in [2.24, 2.45) is 5.10 Å². The van der Waals surface area contributed by atoms with Crippen molar-refractivity contribution in [1.29, 1.82) is 0 Å². The molecule has 1 amide bonds. The van der Waals surface area contributed by atoms with E-state index in [1.807, 2.05) is 67.6 Å². The molecule has 0 saturated heterocycles. The van der Waals surface area contributed by atoms with E-state index >= 15 is 0 Å². The summed E-state index contributed by atoms with van der Waals surface area (Å²) < 4.78 is 12.4. The standard InChI is InChI=1S/C26H23BrN2O3/c1-17-8-7-9-19(12-17)16-32-25-15-23(27)20(14-24(25)31-3)13-22-18(2)28-29(26(22)30)21-10-5-4-6-11-21/h4-15H,16H2,1-3H3/b22-13+. The minimum atomic E-state index is -0.167. The highest BCUT2D eigenvalue weighted by Crippen LogP contribution is 2.36. The maximum atomic E-state index is 13.0. The number of hydrogen-bond acceptors (Lipinski definition) is 4. The molecule has 0 unspecified atom stereocenters. The maximum Gasteiger partial charge on any atom is 0.280 e. The Hall–Kier alpha value is -3.38. The summed E-state index contributed by atoms with van der Waals surface area (Å²) in [7, 11) is 1.60. The number of hydrogen-bond donors (Lipinski definition) is 0. The molecule has 3 aromatic carbocycles. The highest BCUT2D eigenvalue weighted by Gasteiger charge is 2.29. The first-order valence-electron chi connectivity index (χ1n) is 10.2. The summed E-state index contributed by atoms with van der Waals surface area (Å²) in [6.07, 6.45) is 1.82. The molecule has 0 spiro atoms. The number of anilines is 1. The third kappa shape index (κ3) is 4.60. The van der Waals surface area contributed by atoms with Crippen molar-refractivity contribution >= 4 is 39.3 Å². The number of rotatable bonds is 6. The average Bonchev–Trinajstić information content (AvgIpc) is 3.08. The molecule has 1 aliphatic rings. The number of aryl methyl sites for hydroxylation is 1. The second-order valence-corrected chi connectivity index (χ2v) is 8.35. The number of carbonyl (C=O) groups excluding carboxylic acids is 1. The van der Waals surface area contributed by atoms with Gasteiger partial charge < -0.3 is 9.47 Å². The summed E-state index contributed by atoms with van der Waals surface area (Å²) >= 11 is 3.61. The molecule has 6 heteroatoms. The first kappa shape index (κ1) is 21.8. The van der Waals surface area contributed by atoms with Crippen LogP contribution in [0.15, 0.2) is 81.9 Å². The van der Waals surface area contributed by atoms with Crippen molar-refractivity contribution in [3.8, 4) is 11.5 Å². The van der Waals surface area contributed by atoms with Gasteiger partial charge in [-0.25, -0.2) is 0 Å². The summed E-state index contributed by atoms with van der Waals surface area (Å²) in [4.78, 5) is 13.0. The fourth-order valence-electron chi connectivity index (χ4n) is 3.48. The number of carbonyl (C=O) groups is 1. The molecule has 0 N–H and O–H groups in total. The van der Waals surface area contributed by atoms with Crippen LogP contribution in [0.2, 0.25) is 0 Å². The van der Waals surface area contributed by atoms with Gasteiger partial charge in [-0.05, 0) is 55.3 Å². The Kier molecular flexibility index (Phi) is 6.42. The Bertz CT molecular complexity index is 1220. The van der Waals surface area contributed by atoms with Crippen LogP contribution >= 0.6 is 15.9 Å². The Morgan fingerprint density at radius 3 is 2.50 bits per heavy atom. The number of amides is 1. The molecule has 3 aromatic rings. The minimum absolute atomic E-state index is 0.167. The molecule has 0 bridgehead atoms. The maximum absolute atomic E-state index is 13.0. The molecule has 5 nitrogen and oxygen atoms in total. The highest BCUT2D eigenvalue weighted by molar-refractivity contribution is 9.10. The molecular formula is C26H23BrN2O3. The average molecular weight is 491 g/mol. The zero-order chi connectivity index (χ0) is 22.7. The van der Waals surface area contributed by atoms with Crippen LogP contribution in [-0.2, 0) is 11.4 Å². The van der Waals surface area contributed by atoms with E-state index in [0.717, 1.165) is 21.3 Å². The Labute approximate surface area is 196 Å². The van der Waals surface area contributed by atoms with E-state index < -0.39 is 0 Å². The molecule has 0 radical (unpaired) electrons. The lowest BCUT2D eigenvalue weighted by atomic mass is 10.1. The fraction of sp³-hybridized carbons (Fsp3) is 0.154. The lowest BCUT2D eigenvalue weighted by Gasteiger charge is -2.14. The van der Waals surface area contributed by atoms with Crippen molar-refractivity contribution in [3.05, 3.63) is 93.5 Å². The SMILES string of the molecule is COc1cc(/C=C2/C(=O)N(c3ccccc3)N=C2C)c(Br)cc1OCc1cccc(C)c1. The fourth-order valence-corrected chi connectivity index (χ4v) is 3.92. The minimum Gasteiger partial charge on any atom is -0.493 e. The first-order chi connectivity index (χ1) is 15.5. The third-order valence-corrected chi connectivity index (χ3v) is 5.81. The number of nitrogens with zero attached hydrogens (tertiary/aromatic N) is 2. The van der Waals surface area contributed by atoms with Gasteiger partial charge >= 0.3 is 0 Å². The number of para-hydroxylation sites is 1. The molecular weight excluding hydrogens is 468 g/mol. The molecule has 1 heterocycles. The lowest BCUT2D eigenvalue weighted by Crippen LogP contribution is -2.21. The van der Waals surface area contributed by atoms with E-state index in [0.29, 0.717) is 29.4 Å². The smallest absolute Gasteiger partial charge is 0.280 e. The number of hydrazone groups is 1.